The highest BCUT2D eigenvalue weighted by Gasteiger charge is 2.28. The first kappa shape index (κ1) is 18.3. The van der Waals surface area contributed by atoms with Gasteiger partial charge in [0.1, 0.15) is 0 Å². The molecule has 0 bridgehead atoms. The van der Waals surface area contributed by atoms with E-state index in [9.17, 15) is 4.79 Å². The molecule has 0 aliphatic heterocycles. The van der Waals surface area contributed by atoms with Gasteiger partial charge in [-0.25, -0.2) is 0 Å². The van der Waals surface area contributed by atoms with Crippen LogP contribution in [0.2, 0.25) is 5.02 Å². The minimum atomic E-state index is 0. The van der Waals surface area contributed by atoms with Crippen LogP contribution in [0.3, 0.4) is 0 Å². The first-order valence-electron chi connectivity index (χ1n) is 7.39. The first-order chi connectivity index (χ1) is 9.61. The third kappa shape index (κ3) is 4.87. The molecule has 2 atom stereocenters. The number of hydrogen-bond acceptors (Lipinski definition) is 2. The van der Waals surface area contributed by atoms with Crippen LogP contribution in [0, 0.1) is 5.92 Å². The van der Waals surface area contributed by atoms with Crippen molar-refractivity contribution in [3.63, 3.8) is 0 Å². The second kappa shape index (κ2) is 8.62. The monoisotopic (exact) mass is 330 g/mol. The number of amides is 1. The second-order valence-electron chi connectivity index (χ2n) is 5.57. The van der Waals surface area contributed by atoms with E-state index in [2.05, 4.69) is 0 Å². The van der Waals surface area contributed by atoms with E-state index in [1.165, 1.54) is 0 Å². The van der Waals surface area contributed by atoms with Gasteiger partial charge in [-0.1, -0.05) is 36.2 Å². The molecule has 1 aromatic carbocycles. The maximum absolute atomic E-state index is 12.6. The molecular formula is C16H24Cl2N2O. The topological polar surface area (TPSA) is 46.3 Å². The van der Waals surface area contributed by atoms with E-state index in [4.69, 9.17) is 17.3 Å². The Hall–Kier alpha value is -0.770. The number of benzene rings is 1. The van der Waals surface area contributed by atoms with Crippen LogP contribution in [0.25, 0.3) is 0 Å². The molecule has 1 amide bonds. The molecule has 0 aromatic heterocycles. The van der Waals surface area contributed by atoms with Crippen molar-refractivity contribution in [1.29, 1.82) is 0 Å². The van der Waals surface area contributed by atoms with Crippen LogP contribution in [0.5, 0.6) is 0 Å². The van der Waals surface area contributed by atoms with E-state index in [1.54, 1.807) is 0 Å². The lowest BCUT2D eigenvalue weighted by atomic mass is 9.85. The highest BCUT2D eigenvalue weighted by molar-refractivity contribution is 6.31. The van der Waals surface area contributed by atoms with E-state index in [1.807, 2.05) is 36.1 Å². The Kier molecular flexibility index (Phi) is 7.50. The molecule has 2 rings (SSSR count). The normalized spacial score (nSPS) is 21.5. The van der Waals surface area contributed by atoms with Gasteiger partial charge < -0.3 is 10.6 Å². The van der Waals surface area contributed by atoms with Crippen LogP contribution in [-0.4, -0.2) is 23.4 Å². The molecule has 0 spiro atoms. The van der Waals surface area contributed by atoms with E-state index in [-0.39, 0.29) is 30.3 Å². The summed E-state index contributed by atoms with van der Waals surface area (Å²) in [6.45, 7) is 3.30. The molecule has 5 heteroatoms. The second-order valence-corrected chi connectivity index (χ2v) is 5.97. The third-order valence-electron chi connectivity index (χ3n) is 4.08. The largest absolute Gasteiger partial charge is 0.338 e. The average Bonchev–Trinajstić information content (AvgIpc) is 2.46. The summed E-state index contributed by atoms with van der Waals surface area (Å²) < 4.78 is 0. The molecule has 3 nitrogen and oxygen atoms in total. The summed E-state index contributed by atoms with van der Waals surface area (Å²) in [7, 11) is 0. The minimum absolute atomic E-state index is 0. The standard InChI is InChI=1S/C16H23ClN2O.ClH/c1-2-19(11-13-6-3-4-9-15(13)17)16(20)12-7-5-8-14(18)10-12;/h3-4,6,9,12,14H,2,5,7-8,10-11,18H2,1H3;1H. The van der Waals surface area contributed by atoms with Crippen molar-refractivity contribution in [1.82, 2.24) is 4.90 Å². The van der Waals surface area contributed by atoms with Gasteiger partial charge in [0, 0.05) is 30.1 Å². The number of carbonyl (C=O) groups excluding carboxylic acids is 1. The Morgan fingerprint density at radius 1 is 1.38 bits per heavy atom. The van der Waals surface area contributed by atoms with Gasteiger partial charge in [-0.15, -0.1) is 12.4 Å². The summed E-state index contributed by atoms with van der Waals surface area (Å²) >= 11 is 6.18. The Labute approximate surface area is 138 Å². The van der Waals surface area contributed by atoms with Crippen LogP contribution in [0.15, 0.2) is 24.3 Å². The number of nitrogens with two attached hydrogens (primary N) is 1. The summed E-state index contributed by atoms with van der Waals surface area (Å²) in [6.07, 6.45) is 3.88. The minimum Gasteiger partial charge on any atom is -0.338 e. The lowest BCUT2D eigenvalue weighted by Gasteiger charge is -2.31. The molecule has 1 aliphatic carbocycles. The van der Waals surface area contributed by atoms with Crippen LogP contribution in [-0.2, 0) is 11.3 Å². The molecule has 2 unspecified atom stereocenters. The molecule has 0 radical (unpaired) electrons. The highest BCUT2D eigenvalue weighted by Crippen LogP contribution is 2.26. The van der Waals surface area contributed by atoms with Crippen molar-refractivity contribution in [3.05, 3.63) is 34.9 Å². The first-order valence-corrected chi connectivity index (χ1v) is 7.77. The molecule has 1 fully saturated rings. The van der Waals surface area contributed by atoms with Crippen molar-refractivity contribution < 1.29 is 4.79 Å². The highest BCUT2D eigenvalue weighted by atomic mass is 35.5. The number of rotatable bonds is 4. The average molecular weight is 331 g/mol. The SMILES string of the molecule is CCN(Cc1ccccc1Cl)C(=O)C1CCCC(N)C1.Cl. The zero-order chi connectivity index (χ0) is 14.5. The zero-order valence-electron chi connectivity index (χ0n) is 12.4. The van der Waals surface area contributed by atoms with Crippen LogP contribution in [0.1, 0.15) is 38.2 Å². The summed E-state index contributed by atoms with van der Waals surface area (Å²) in [5.41, 5.74) is 6.99. The smallest absolute Gasteiger partial charge is 0.226 e. The van der Waals surface area contributed by atoms with E-state index < -0.39 is 0 Å². The molecule has 118 valence electrons. The van der Waals surface area contributed by atoms with Gasteiger partial charge in [0.25, 0.3) is 0 Å². The summed E-state index contributed by atoms with van der Waals surface area (Å²) in [5, 5.41) is 0.721. The van der Waals surface area contributed by atoms with Gasteiger partial charge in [0.2, 0.25) is 5.91 Å². The molecule has 1 saturated carbocycles. The third-order valence-corrected chi connectivity index (χ3v) is 4.45. The molecule has 0 saturated heterocycles. The lowest BCUT2D eigenvalue weighted by Crippen LogP contribution is -2.40. The fraction of sp³-hybridized carbons (Fsp3) is 0.562. The van der Waals surface area contributed by atoms with Crippen molar-refractivity contribution in [2.45, 2.75) is 45.2 Å². The number of hydrogen-bond donors (Lipinski definition) is 1. The van der Waals surface area contributed by atoms with Gasteiger partial charge in [-0.05, 0) is 37.8 Å². The maximum Gasteiger partial charge on any atom is 0.226 e. The lowest BCUT2D eigenvalue weighted by molar-refractivity contribution is -0.137. The summed E-state index contributed by atoms with van der Waals surface area (Å²) in [6, 6.07) is 7.88. The molecule has 21 heavy (non-hydrogen) atoms. The predicted octanol–water partition coefficient (Wildman–Crippen LogP) is 3.63. The molecule has 1 aliphatic rings. The fourth-order valence-corrected chi connectivity index (χ4v) is 3.08. The molecule has 1 aromatic rings. The van der Waals surface area contributed by atoms with Gasteiger partial charge in [0.05, 0.1) is 0 Å². The number of halogens is 2. The predicted molar refractivity (Wildman–Crippen MR) is 89.7 cm³/mol. The van der Waals surface area contributed by atoms with Crippen molar-refractivity contribution in [2.24, 2.45) is 11.7 Å². The van der Waals surface area contributed by atoms with E-state index in [0.29, 0.717) is 13.1 Å². The Morgan fingerprint density at radius 2 is 2.10 bits per heavy atom. The molecule has 2 N–H and O–H groups in total. The molecular weight excluding hydrogens is 307 g/mol. The molecule has 0 heterocycles. The van der Waals surface area contributed by atoms with E-state index >= 15 is 0 Å². The van der Waals surface area contributed by atoms with Crippen LogP contribution < -0.4 is 5.73 Å². The van der Waals surface area contributed by atoms with Crippen molar-refractivity contribution in [3.8, 4) is 0 Å². The van der Waals surface area contributed by atoms with Crippen molar-refractivity contribution >= 4 is 29.9 Å². The van der Waals surface area contributed by atoms with E-state index in [0.717, 1.165) is 36.3 Å². The Morgan fingerprint density at radius 3 is 2.71 bits per heavy atom. The zero-order valence-corrected chi connectivity index (χ0v) is 14.0. The van der Waals surface area contributed by atoms with Gasteiger partial charge in [-0.3, -0.25) is 4.79 Å². The summed E-state index contributed by atoms with van der Waals surface area (Å²) in [5.74, 6) is 0.309. The fourth-order valence-electron chi connectivity index (χ4n) is 2.89. The number of nitrogens with zero attached hydrogens (tertiary/aromatic N) is 1. The van der Waals surface area contributed by atoms with Gasteiger partial charge in [-0.2, -0.15) is 0 Å². The quantitative estimate of drug-likeness (QED) is 0.916. The number of carbonyl (C=O) groups is 1. The van der Waals surface area contributed by atoms with Crippen molar-refractivity contribution in [2.75, 3.05) is 6.54 Å². The van der Waals surface area contributed by atoms with Crippen LogP contribution in [0.4, 0.5) is 0 Å². The summed E-state index contributed by atoms with van der Waals surface area (Å²) in [4.78, 5) is 14.5. The Balaban J connectivity index is 0.00000220. The van der Waals surface area contributed by atoms with Gasteiger partial charge in [0.15, 0.2) is 0 Å². The Bertz CT molecular complexity index is 467. The van der Waals surface area contributed by atoms with Crippen LogP contribution >= 0.6 is 24.0 Å². The van der Waals surface area contributed by atoms with Gasteiger partial charge >= 0.3 is 0 Å². The maximum atomic E-state index is 12.6.